The summed E-state index contributed by atoms with van der Waals surface area (Å²) in [6, 6.07) is 1.75. The van der Waals surface area contributed by atoms with Crippen molar-refractivity contribution >= 4 is 5.91 Å². The third-order valence-electron chi connectivity index (χ3n) is 2.03. The van der Waals surface area contributed by atoms with Crippen LogP contribution in [0.4, 0.5) is 17.6 Å². The van der Waals surface area contributed by atoms with Gasteiger partial charge in [-0.05, 0) is 39.0 Å². The molecule has 1 rings (SSSR count). The van der Waals surface area contributed by atoms with Gasteiger partial charge >= 0.3 is 6.18 Å². The maximum atomic E-state index is 13.4. The number of halogens is 4. The summed E-state index contributed by atoms with van der Waals surface area (Å²) in [7, 11) is 0. The fourth-order valence-electron chi connectivity index (χ4n) is 1.28. The SMILES string of the molecule is CC(C)(C)NC(=O)c1cc(C(F)(F)F)ccc1F. The van der Waals surface area contributed by atoms with E-state index in [0.29, 0.717) is 18.2 Å². The standard InChI is InChI=1S/C12H13F4NO/c1-11(2,3)17-10(18)8-6-7(12(14,15)16)4-5-9(8)13/h4-6H,1-3H3,(H,17,18). The summed E-state index contributed by atoms with van der Waals surface area (Å²) in [4.78, 5) is 11.6. The number of carbonyl (C=O) groups is 1. The van der Waals surface area contributed by atoms with Gasteiger partial charge in [-0.1, -0.05) is 0 Å². The molecule has 0 aliphatic rings. The average Bonchev–Trinajstić information content (AvgIpc) is 2.13. The number of amides is 1. The van der Waals surface area contributed by atoms with Crippen LogP contribution in [0.1, 0.15) is 36.7 Å². The quantitative estimate of drug-likeness (QED) is 0.773. The maximum Gasteiger partial charge on any atom is 0.416 e. The Labute approximate surface area is 102 Å². The molecule has 1 N–H and O–H groups in total. The monoisotopic (exact) mass is 263 g/mol. The van der Waals surface area contributed by atoms with E-state index in [1.54, 1.807) is 20.8 Å². The largest absolute Gasteiger partial charge is 0.416 e. The van der Waals surface area contributed by atoms with E-state index in [0.717, 1.165) is 0 Å². The van der Waals surface area contributed by atoms with Crippen LogP contribution >= 0.6 is 0 Å². The van der Waals surface area contributed by atoms with Crippen molar-refractivity contribution in [1.82, 2.24) is 5.32 Å². The molecule has 0 radical (unpaired) electrons. The van der Waals surface area contributed by atoms with Crippen LogP contribution in [0.3, 0.4) is 0 Å². The van der Waals surface area contributed by atoms with E-state index >= 15 is 0 Å². The molecule has 0 bridgehead atoms. The summed E-state index contributed by atoms with van der Waals surface area (Å²) in [5, 5.41) is 2.41. The summed E-state index contributed by atoms with van der Waals surface area (Å²) in [6.07, 6.45) is -4.61. The van der Waals surface area contributed by atoms with Crippen LogP contribution in [0.15, 0.2) is 18.2 Å². The lowest BCUT2D eigenvalue weighted by molar-refractivity contribution is -0.137. The van der Waals surface area contributed by atoms with Crippen LogP contribution in [-0.4, -0.2) is 11.4 Å². The Morgan fingerprint density at radius 1 is 1.17 bits per heavy atom. The Hall–Kier alpha value is -1.59. The number of alkyl halides is 3. The third kappa shape index (κ3) is 3.72. The molecule has 1 amide bonds. The highest BCUT2D eigenvalue weighted by Crippen LogP contribution is 2.30. The topological polar surface area (TPSA) is 29.1 Å². The van der Waals surface area contributed by atoms with Gasteiger partial charge in [-0.25, -0.2) is 4.39 Å². The van der Waals surface area contributed by atoms with E-state index in [4.69, 9.17) is 0 Å². The van der Waals surface area contributed by atoms with Gasteiger partial charge in [-0.2, -0.15) is 13.2 Å². The number of hydrogen-bond acceptors (Lipinski definition) is 1. The normalized spacial score (nSPS) is 12.4. The van der Waals surface area contributed by atoms with Gasteiger partial charge in [0.1, 0.15) is 5.82 Å². The zero-order chi connectivity index (χ0) is 14.1. The number of benzene rings is 1. The smallest absolute Gasteiger partial charge is 0.347 e. The molecule has 0 fully saturated rings. The summed E-state index contributed by atoms with van der Waals surface area (Å²) >= 11 is 0. The van der Waals surface area contributed by atoms with Crippen LogP contribution in [0.2, 0.25) is 0 Å². The molecule has 0 saturated heterocycles. The van der Waals surface area contributed by atoms with Gasteiger partial charge in [0.2, 0.25) is 0 Å². The minimum atomic E-state index is -4.61. The summed E-state index contributed by atoms with van der Waals surface area (Å²) in [6.45, 7) is 4.95. The van der Waals surface area contributed by atoms with Crippen LogP contribution in [0.5, 0.6) is 0 Å². The molecule has 0 atom stereocenters. The Morgan fingerprint density at radius 3 is 2.17 bits per heavy atom. The molecular formula is C12H13F4NO. The Morgan fingerprint density at radius 2 is 1.72 bits per heavy atom. The van der Waals surface area contributed by atoms with Crippen molar-refractivity contribution in [3.63, 3.8) is 0 Å². The van der Waals surface area contributed by atoms with Crippen LogP contribution in [-0.2, 0) is 6.18 Å². The molecule has 0 heterocycles. The summed E-state index contributed by atoms with van der Waals surface area (Å²) in [5.41, 5.74) is -2.32. The second-order valence-corrected chi connectivity index (χ2v) is 4.90. The Kier molecular flexibility index (Phi) is 3.69. The molecule has 0 aliphatic heterocycles. The molecule has 1 aromatic rings. The predicted octanol–water partition coefficient (Wildman–Crippen LogP) is 3.37. The predicted molar refractivity (Wildman–Crippen MR) is 58.6 cm³/mol. The molecule has 2 nitrogen and oxygen atoms in total. The summed E-state index contributed by atoms with van der Waals surface area (Å²) < 4.78 is 50.7. The lowest BCUT2D eigenvalue weighted by Gasteiger charge is -2.21. The number of rotatable bonds is 1. The molecule has 1 aromatic carbocycles. The van der Waals surface area contributed by atoms with Crippen molar-refractivity contribution in [2.24, 2.45) is 0 Å². The minimum Gasteiger partial charge on any atom is -0.347 e. The zero-order valence-corrected chi connectivity index (χ0v) is 10.2. The first-order valence-electron chi connectivity index (χ1n) is 5.20. The first-order valence-corrected chi connectivity index (χ1v) is 5.20. The fourth-order valence-corrected chi connectivity index (χ4v) is 1.28. The molecule has 0 aliphatic carbocycles. The number of carbonyl (C=O) groups excluding carboxylic acids is 1. The van der Waals surface area contributed by atoms with Gasteiger partial charge in [0, 0.05) is 5.54 Å². The summed E-state index contributed by atoms with van der Waals surface area (Å²) in [5.74, 6) is -1.85. The number of nitrogens with one attached hydrogen (secondary N) is 1. The second-order valence-electron chi connectivity index (χ2n) is 4.90. The van der Waals surface area contributed by atoms with Crippen molar-refractivity contribution < 1.29 is 22.4 Å². The average molecular weight is 263 g/mol. The van der Waals surface area contributed by atoms with Crippen molar-refractivity contribution in [2.75, 3.05) is 0 Å². The van der Waals surface area contributed by atoms with E-state index in [9.17, 15) is 22.4 Å². The van der Waals surface area contributed by atoms with Crippen molar-refractivity contribution in [2.45, 2.75) is 32.5 Å². The first-order chi connectivity index (χ1) is 8.00. The van der Waals surface area contributed by atoms with Gasteiger partial charge in [-0.15, -0.1) is 0 Å². The molecule has 0 saturated carbocycles. The fraction of sp³-hybridized carbons (Fsp3) is 0.417. The molecule has 0 spiro atoms. The van der Waals surface area contributed by atoms with Gasteiger partial charge in [0.05, 0.1) is 11.1 Å². The van der Waals surface area contributed by atoms with Crippen molar-refractivity contribution in [3.05, 3.63) is 35.1 Å². The van der Waals surface area contributed by atoms with Crippen LogP contribution < -0.4 is 5.32 Å². The lowest BCUT2D eigenvalue weighted by Crippen LogP contribution is -2.41. The third-order valence-corrected chi connectivity index (χ3v) is 2.03. The maximum absolute atomic E-state index is 13.4. The molecule has 0 aromatic heterocycles. The minimum absolute atomic E-state index is 0.510. The number of hydrogen-bond donors (Lipinski definition) is 1. The zero-order valence-electron chi connectivity index (χ0n) is 10.2. The molecule has 100 valence electrons. The first kappa shape index (κ1) is 14.5. The highest BCUT2D eigenvalue weighted by atomic mass is 19.4. The highest BCUT2D eigenvalue weighted by molar-refractivity contribution is 5.95. The van der Waals surface area contributed by atoms with Crippen molar-refractivity contribution in [3.8, 4) is 0 Å². The van der Waals surface area contributed by atoms with Gasteiger partial charge in [-0.3, -0.25) is 4.79 Å². The van der Waals surface area contributed by atoms with E-state index < -0.39 is 34.6 Å². The van der Waals surface area contributed by atoms with Crippen molar-refractivity contribution in [1.29, 1.82) is 0 Å². The molecule has 18 heavy (non-hydrogen) atoms. The molecular weight excluding hydrogens is 250 g/mol. The van der Waals surface area contributed by atoms with Gasteiger partial charge in [0.25, 0.3) is 5.91 Å². The van der Waals surface area contributed by atoms with E-state index in [1.807, 2.05) is 0 Å². The molecule has 0 unspecified atom stereocenters. The highest BCUT2D eigenvalue weighted by Gasteiger charge is 2.32. The van der Waals surface area contributed by atoms with Gasteiger partial charge < -0.3 is 5.32 Å². The van der Waals surface area contributed by atoms with Gasteiger partial charge in [0.15, 0.2) is 0 Å². The van der Waals surface area contributed by atoms with E-state index in [-0.39, 0.29) is 0 Å². The Bertz CT molecular complexity index is 460. The van der Waals surface area contributed by atoms with Crippen LogP contribution in [0.25, 0.3) is 0 Å². The second kappa shape index (κ2) is 4.59. The van der Waals surface area contributed by atoms with E-state index in [1.165, 1.54) is 0 Å². The van der Waals surface area contributed by atoms with E-state index in [2.05, 4.69) is 5.32 Å². The van der Waals surface area contributed by atoms with Crippen LogP contribution in [0, 0.1) is 5.82 Å². The Balaban J connectivity index is 3.13. The molecule has 6 heteroatoms. The lowest BCUT2D eigenvalue weighted by atomic mass is 10.1.